The smallest absolute Gasteiger partial charge is 0.205 e. The van der Waals surface area contributed by atoms with E-state index < -0.39 is 12.8 Å². The first kappa shape index (κ1) is 8.25. The molecule has 0 heterocycles. The van der Waals surface area contributed by atoms with E-state index in [-0.39, 0.29) is 5.56 Å². The number of hydrogen-bond donors (Lipinski definition) is 0. The van der Waals surface area contributed by atoms with Gasteiger partial charge in [0.15, 0.2) is 0 Å². The fourth-order valence-corrected chi connectivity index (χ4v) is 1.15. The number of halogens is 2. The predicted octanol–water partition coefficient (Wildman–Crippen LogP) is 3.11. The van der Waals surface area contributed by atoms with E-state index in [0.717, 1.165) is 0 Å². The molecule has 0 radical (unpaired) electrons. The third-order valence-corrected chi connectivity index (χ3v) is 1.89. The lowest BCUT2D eigenvalue weighted by molar-refractivity contribution is 0.150. The average molecular weight is 181 g/mol. The van der Waals surface area contributed by atoms with Crippen LogP contribution < -0.4 is 0 Å². The van der Waals surface area contributed by atoms with E-state index in [1.165, 1.54) is 12.1 Å². The zero-order chi connectivity index (χ0) is 10.7. The van der Waals surface area contributed by atoms with E-state index in [1.807, 2.05) is 0 Å². The number of alkyl halides is 2. The minimum atomic E-state index is -2.51. The first-order valence-electron chi connectivity index (χ1n) is 4.41. The molecule has 0 aliphatic carbocycles. The maximum Gasteiger partial charge on any atom is 0.264 e. The van der Waals surface area contributed by atoms with Crippen LogP contribution in [0.4, 0.5) is 8.78 Å². The number of rotatable bonds is 2. The van der Waals surface area contributed by atoms with Gasteiger partial charge in [0.25, 0.3) is 6.43 Å². The Balaban J connectivity index is 3.22. The summed E-state index contributed by atoms with van der Waals surface area (Å²) in [6.45, 7) is 1.57. The van der Waals surface area contributed by atoms with Crippen molar-refractivity contribution in [2.45, 2.75) is 19.7 Å². The van der Waals surface area contributed by atoms with Crippen molar-refractivity contribution < 1.29 is 10.2 Å². The van der Waals surface area contributed by atoms with E-state index in [9.17, 15) is 8.78 Å². The molecule has 1 aromatic rings. The zero-order valence-corrected chi connectivity index (χ0v) is 7.22. The van der Waals surface area contributed by atoms with E-state index >= 15 is 0 Å². The normalized spacial score (nSPS) is 13.6. The van der Waals surface area contributed by atoms with Crippen LogP contribution in [-0.2, 0) is 6.40 Å². The van der Waals surface area contributed by atoms with Crippen LogP contribution in [0.2, 0.25) is 0 Å². The van der Waals surface area contributed by atoms with Crippen molar-refractivity contribution in [3.05, 3.63) is 34.9 Å². The van der Waals surface area contributed by atoms with Crippen LogP contribution in [0.1, 0.15) is 24.5 Å². The van der Waals surface area contributed by atoms with Crippen molar-refractivity contribution in [3.63, 3.8) is 0 Å². The number of hydrogen-bond acceptors (Lipinski definition) is 0. The second-order valence-corrected chi connectivity index (χ2v) is 2.67. The Labute approximate surface area is 78.0 Å². The zero-order valence-electron chi connectivity index (χ0n) is 8.22. The summed E-state index contributed by atoms with van der Waals surface area (Å²) in [7, 11) is 0. The largest absolute Gasteiger partial charge is 0.264 e. The highest BCUT2D eigenvalue weighted by Gasteiger charge is 2.11. The lowest BCUT2D eigenvalue weighted by Crippen LogP contribution is -1.94. The van der Waals surface area contributed by atoms with Gasteiger partial charge in [0.05, 0.1) is 0 Å². The van der Waals surface area contributed by atoms with Gasteiger partial charge in [-0.1, -0.05) is 18.2 Å². The van der Waals surface area contributed by atoms with Crippen LogP contribution in [0.5, 0.6) is 0 Å². The molecule has 1 unspecified atom stereocenters. The highest BCUT2D eigenvalue weighted by atomic mass is 19.3. The molecule has 0 nitrogen and oxygen atoms in total. The predicted molar refractivity (Wildman–Crippen MR) is 48.7 cm³/mol. The Morgan fingerprint density at radius 1 is 1.62 bits per heavy atom. The maximum atomic E-state index is 12.5. The molecule has 0 N–H and O–H groups in total. The molecule has 2 heteroatoms. The molecule has 0 spiro atoms. The summed E-state index contributed by atoms with van der Waals surface area (Å²) in [5, 5.41) is 0. The average Bonchev–Trinajstić information content (AvgIpc) is 2.16. The Bertz CT molecular complexity index is 366. The molecule has 0 saturated heterocycles. The summed E-state index contributed by atoms with van der Waals surface area (Å²) in [5.74, 6) is 2.21. The Kier molecular flexibility index (Phi) is 2.56. The topological polar surface area (TPSA) is 0 Å². The van der Waals surface area contributed by atoms with E-state index in [4.69, 9.17) is 7.79 Å². The molecule has 1 aromatic carbocycles. The molecule has 68 valence electrons. The summed E-state index contributed by atoms with van der Waals surface area (Å²) in [6, 6.07) is 4.47. The fraction of sp³-hybridized carbons (Fsp3) is 0.273. The SMILES string of the molecule is [2H]C(C#C)c1cccc(C(F)F)c1C. The lowest BCUT2D eigenvalue weighted by atomic mass is 10.0. The Morgan fingerprint density at radius 2 is 2.31 bits per heavy atom. The van der Waals surface area contributed by atoms with Crippen molar-refractivity contribution in [1.29, 1.82) is 0 Å². The first-order valence-corrected chi connectivity index (χ1v) is 3.84. The van der Waals surface area contributed by atoms with Gasteiger partial charge in [0.1, 0.15) is 0 Å². The van der Waals surface area contributed by atoms with Gasteiger partial charge in [0, 0.05) is 13.3 Å². The third kappa shape index (κ3) is 2.06. The molecule has 0 aliphatic heterocycles. The van der Waals surface area contributed by atoms with Gasteiger partial charge < -0.3 is 0 Å². The van der Waals surface area contributed by atoms with Crippen LogP contribution >= 0.6 is 0 Å². The summed E-state index contributed by atoms with van der Waals surface area (Å²) >= 11 is 0. The lowest BCUT2D eigenvalue weighted by Gasteiger charge is -2.07. The third-order valence-electron chi connectivity index (χ3n) is 1.89. The summed E-state index contributed by atoms with van der Waals surface area (Å²) < 4.78 is 32.4. The Morgan fingerprint density at radius 3 is 2.85 bits per heavy atom. The second kappa shape index (κ2) is 4.04. The van der Waals surface area contributed by atoms with Crippen LogP contribution in [0.15, 0.2) is 18.2 Å². The standard InChI is InChI=1S/C11H10F2/c1-3-5-9-6-4-7-10(8(9)2)11(12)13/h1,4,6-7,11H,5H2,2H3/i5D. The molecule has 1 atom stereocenters. The highest BCUT2D eigenvalue weighted by Crippen LogP contribution is 2.24. The summed E-state index contributed by atoms with van der Waals surface area (Å²) in [4.78, 5) is 0. The van der Waals surface area contributed by atoms with Gasteiger partial charge in [-0.05, 0) is 18.1 Å². The monoisotopic (exact) mass is 181 g/mol. The minimum absolute atomic E-state index is 0.0463. The van der Waals surface area contributed by atoms with Gasteiger partial charge in [-0.25, -0.2) is 8.78 Å². The second-order valence-electron chi connectivity index (χ2n) is 2.67. The van der Waals surface area contributed by atoms with Crippen LogP contribution in [0.25, 0.3) is 0 Å². The van der Waals surface area contributed by atoms with E-state index in [2.05, 4.69) is 5.92 Å². The number of benzene rings is 1. The van der Waals surface area contributed by atoms with Crippen molar-refractivity contribution in [2.75, 3.05) is 0 Å². The van der Waals surface area contributed by atoms with E-state index in [1.54, 1.807) is 13.0 Å². The molecule has 1 rings (SSSR count). The van der Waals surface area contributed by atoms with Gasteiger partial charge in [-0.2, -0.15) is 0 Å². The summed E-state index contributed by atoms with van der Waals surface area (Å²) in [5.41, 5.74) is 0.848. The van der Waals surface area contributed by atoms with Crippen molar-refractivity contribution in [3.8, 4) is 12.3 Å². The van der Waals surface area contributed by atoms with Crippen LogP contribution in [0, 0.1) is 19.3 Å². The van der Waals surface area contributed by atoms with Crippen molar-refractivity contribution in [2.24, 2.45) is 0 Å². The summed E-state index contributed by atoms with van der Waals surface area (Å²) in [6.07, 6.45) is 1.69. The van der Waals surface area contributed by atoms with Gasteiger partial charge in [-0.15, -0.1) is 12.3 Å². The highest BCUT2D eigenvalue weighted by molar-refractivity contribution is 5.36. The van der Waals surface area contributed by atoms with Gasteiger partial charge in [-0.3, -0.25) is 0 Å². The molecule has 0 amide bonds. The van der Waals surface area contributed by atoms with Gasteiger partial charge in [0.2, 0.25) is 0 Å². The quantitative estimate of drug-likeness (QED) is 0.615. The molecular weight excluding hydrogens is 170 g/mol. The Hall–Kier alpha value is -1.36. The number of terminal acetylenes is 1. The van der Waals surface area contributed by atoms with Crippen molar-refractivity contribution in [1.82, 2.24) is 0 Å². The molecule has 0 aliphatic rings. The van der Waals surface area contributed by atoms with Gasteiger partial charge >= 0.3 is 0 Å². The van der Waals surface area contributed by atoms with Crippen molar-refractivity contribution >= 4 is 0 Å². The maximum absolute atomic E-state index is 12.5. The molecular formula is C11H10F2. The molecule has 0 bridgehead atoms. The first-order chi connectivity index (χ1) is 6.57. The fourth-order valence-electron chi connectivity index (χ4n) is 1.15. The molecule has 13 heavy (non-hydrogen) atoms. The molecule has 0 fully saturated rings. The minimum Gasteiger partial charge on any atom is -0.205 e. The van der Waals surface area contributed by atoms with Crippen LogP contribution in [0.3, 0.4) is 0 Å². The molecule has 0 aromatic heterocycles. The molecule has 0 saturated carbocycles. The van der Waals surface area contributed by atoms with Crippen LogP contribution in [-0.4, -0.2) is 0 Å². The van der Waals surface area contributed by atoms with E-state index in [0.29, 0.717) is 11.1 Å².